The topological polar surface area (TPSA) is 96.8 Å². The van der Waals surface area contributed by atoms with Gasteiger partial charge >= 0.3 is 12.3 Å². The molecule has 1 aliphatic heterocycles. The number of hydrogen-bond donors (Lipinski definition) is 2. The Kier molecular flexibility index (Phi) is 8.38. The van der Waals surface area contributed by atoms with Gasteiger partial charge in [0, 0.05) is 59.3 Å². The number of aromatic nitrogens is 2. The summed E-state index contributed by atoms with van der Waals surface area (Å²) in [4.78, 5) is 22.6. The minimum absolute atomic E-state index is 0.0708. The van der Waals surface area contributed by atoms with Crippen LogP contribution in [0.1, 0.15) is 28.8 Å². The maximum atomic E-state index is 12.5. The third-order valence-electron chi connectivity index (χ3n) is 6.57. The number of carbonyl (C=O) groups is 1. The van der Waals surface area contributed by atoms with Gasteiger partial charge in [0.2, 0.25) is 0 Å². The van der Waals surface area contributed by atoms with Crippen LogP contribution in [0, 0.1) is 0 Å². The Morgan fingerprint density at radius 2 is 1.93 bits per heavy atom. The molecule has 2 N–H and O–H groups in total. The molecule has 2 aromatic carbocycles. The predicted octanol–water partition coefficient (Wildman–Crippen LogP) is 5.92. The first kappa shape index (κ1) is 28.1. The monoisotopic (exact) mass is 618 g/mol. The molecule has 1 fully saturated rings. The smallest absolute Gasteiger partial charge is 0.478 e. The van der Waals surface area contributed by atoms with Crippen LogP contribution in [-0.2, 0) is 11.3 Å². The van der Waals surface area contributed by atoms with Gasteiger partial charge in [0.15, 0.2) is 0 Å². The van der Waals surface area contributed by atoms with E-state index in [2.05, 4.69) is 35.9 Å². The molecule has 1 aliphatic rings. The zero-order valence-electron chi connectivity index (χ0n) is 21.2. The number of unbranched alkanes of at least 4 members (excludes halogenated alkanes) is 1. The zero-order chi connectivity index (χ0) is 28.3. The highest BCUT2D eigenvalue weighted by atomic mass is 79.9. The Bertz CT molecular complexity index is 1530. The van der Waals surface area contributed by atoms with E-state index in [0.717, 1.165) is 34.8 Å². The molecule has 0 radical (unpaired) electrons. The summed E-state index contributed by atoms with van der Waals surface area (Å²) in [5.41, 5.74) is 1.48. The highest BCUT2D eigenvalue weighted by molar-refractivity contribution is 9.10. The fraction of sp³-hybridized carbons (Fsp3) is 0.321. The second-order valence-corrected chi connectivity index (χ2v) is 10.4. The van der Waals surface area contributed by atoms with Crippen molar-refractivity contribution in [3.63, 3.8) is 0 Å². The molecule has 210 valence electrons. The first-order valence-corrected chi connectivity index (χ1v) is 13.5. The van der Waals surface area contributed by atoms with Crippen LogP contribution in [0.5, 0.6) is 5.75 Å². The molecular formula is C28H26BrF3N4O4. The first-order chi connectivity index (χ1) is 19.2. The van der Waals surface area contributed by atoms with E-state index in [1.165, 1.54) is 12.1 Å². The lowest BCUT2D eigenvalue weighted by molar-refractivity contribution is -0.274. The summed E-state index contributed by atoms with van der Waals surface area (Å²) in [6.07, 6.45) is 0.528. The van der Waals surface area contributed by atoms with E-state index >= 15 is 0 Å². The number of rotatable bonds is 11. The standard InChI is InChI=1S/C28H26BrF3N4O4/c29-19-9-17(10-20(12-19)40-28(30,31)32)13-33-6-1-2-8-39-21-15-36(16-21)26-23-5-7-34-14-24(23)22-4-3-18(27(37)38)11-25(22)35-26/h3-5,7,9-12,14,21,33H,1-2,6,8,13,15-16H2,(H,37,38). The van der Waals surface area contributed by atoms with Crippen molar-refractivity contribution in [1.82, 2.24) is 15.3 Å². The van der Waals surface area contributed by atoms with Gasteiger partial charge in [-0.15, -0.1) is 13.2 Å². The number of fused-ring (bicyclic) bond motifs is 3. The Morgan fingerprint density at radius 3 is 2.70 bits per heavy atom. The molecule has 0 unspecified atom stereocenters. The summed E-state index contributed by atoms with van der Waals surface area (Å²) < 4.78 is 48.0. The van der Waals surface area contributed by atoms with Crippen molar-refractivity contribution in [2.45, 2.75) is 31.9 Å². The van der Waals surface area contributed by atoms with Crippen LogP contribution >= 0.6 is 15.9 Å². The van der Waals surface area contributed by atoms with Crippen LogP contribution in [-0.4, -0.2) is 59.8 Å². The van der Waals surface area contributed by atoms with E-state index in [9.17, 15) is 23.1 Å². The molecule has 12 heteroatoms. The number of aromatic carboxylic acids is 1. The van der Waals surface area contributed by atoms with Crippen molar-refractivity contribution >= 4 is 49.4 Å². The molecular weight excluding hydrogens is 593 g/mol. The Morgan fingerprint density at radius 1 is 1.10 bits per heavy atom. The fourth-order valence-electron chi connectivity index (χ4n) is 4.67. The number of nitrogens with one attached hydrogen (secondary N) is 1. The molecule has 2 aromatic heterocycles. The molecule has 1 saturated heterocycles. The molecule has 4 aromatic rings. The largest absolute Gasteiger partial charge is 0.573 e. The second kappa shape index (κ2) is 11.9. The van der Waals surface area contributed by atoms with E-state index in [1.807, 2.05) is 6.07 Å². The number of anilines is 1. The molecule has 0 saturated carbocycles. The molecule has 0 bridgehead atoms. The number of nitrogens with zero attached hydrogens (tertiary/aromatic N) is 3. The predicted molar refractivity (Wildman–Crippen MR) is 148 cm³/mol. The highest BCUT2D eigenvalue weighted by Crippen LogP contribution is 2.34. The maximum absolute atomic E-state index is 12.5. The Balaban J connectivity index is 1.07. The van der Waals surface area contributed by atoms with Crippen LogP contribution < -0.4 is 15.0 Å². The molecule has 0 amide bonds. The fourth-order valence-corrected chi connectivity index (χ4v) is 5.19. The number of alkyl halides is 3. The lowest BCUT2D eigenvalue weighted by Crippen LogP contribution is -2.52. The maximum Gasteiger partial charge on any atom is 0.573 e. The van der Waals surface area contributed by atoms with Gasteiger partial charge in [-0.1, -0.05) is 22.0 Å². The van der Waals surface area contributed by atoms with Gasteiger partial charge in [0.05, 0.1) is 17.2 Å². The number of carboxylic acids is 1. The van der Waals surface area contributed by atoms with Crippen LogP contribution in [0.3, 0.4) is 0 Å². The normalized spacial score (nSPS) is 14.1. The van der Waals surface area contributed by atoms with Crippen molar-refractivity contribution in [1.29, 1.82) is 0 Å². The molecule has 3 heterocycles. The Hall–Kier alpha value is -3.48. The average molecular weight is 619 g/mol. The minimum atomic E-state index is -4.73. The summed E-state index contributed by atoms with van der Waals surface area (Å²) in [5, 5.41) is 15.3. The summed E-state index contributed by atoms with van der Waals surface area (Å²) in [6.45, 7) is 3.07. The quantitative estimate of drug-likeness (QED) is 0.158. The molecule has 40 heavy (non-hydrogen) atoms. The number of carboxylic acid groups (broad SMARTS) is 1. The van der Waals surface area contributed by atoms with Crippen molar-refractivity contribution in [3.8, 4) is 5.75 Å². The van der Waals surface area contributed by atoms with Gasteiger partial charge in [-0.25, -0.2) is 9.78 Å². The first-order valence-electron chi connectivity index (χ1n) is 12.7. The molecule has 8 nitrogen and oxygen atoms in total. The van der Waals surface area contributed by atoms with Crippen LogP contribution in [0.15, 0.2) is 59.3 Å². The number of halogens is 4. The number of pyridine rings is 2. The van der Waals surface area contributed by atoms with E-state index in [-0.39, 0.29) is 17.4 Å². The highest BCUT2D eigenvalue weighted by Gasteiger charge is 2.31. The average Bonchev–Trinajstić information content (AvgIpc) is 2.87. The van der Waals surface area contributed by atoms with Crippen LogP contribution in [0.4, 0.5) is 19.0 Å². The van der Waals surface area contributed by atoms with Gasteiger partial charge in [0.25, 0.3) is 0 Å². The number of benzene rings is 2. The van der Waals surface area contributed by atoms with E-state index in [1.54, 1.807) is 36.7 Å². The van der Waals surface area contributed by atoms with Gasteiger partial charge in [-0.05, 0) is 61.3 Å². The van der Waals surface area contributed by atoms with E-state index < -0.39 is 12.3 Å². The number of ether oxygens (including phenoxy) is 2. The third-order valence-corrected chi connectivity index (χ3v) is 7.02. The molecule has 0 aliphatic carbocycles. The van der Waals surface area contributed by atoms with Crippen molar-refractivity contribution in [2.24, 2.45) is 0 Å². The van der Waals surface area contributed by atoms with Gasteiger partial charge in [-0.3, -0.25) is 4.98 Å². The molecule has 0 atom stereocenters. The third kappa shape index (κ3) is 6.80. The summed E-state index contributed by atoms with van der Waals surface area (Å²) in [6, 6.07) is 11.2. The SMILES string of the molecule is O=C(O)c1ccc2c(c1)nc(N1CC(OCCCCNCc3cc(Br)cc(OC(F)(F)F)c3)C1)c1ccncc12. The van der Waals surface area contributed by atoms with Crippen molar-refractivity contribution < 1.29 is 32.5 Å². The summed E-state index contributed by atoms with van der Waals surface area (Å²) in [5.74, 6) is -0.468. The summed E-state index contributed by atoms with van der Waals surface area (Å²) >= 11 is 3.22. The van der Waals surface area contributed by atoms with Crippen molar-refractivity contribution in [3.05, 3.63) is 70.5 Å². The van der Waals surface area contributed by atoms with Gasteiger partial charge in [0.1, 0.15) is 11.6 Å². The van der Waals surface area contributed by atoms with Crippen LogP contribution in [0.25, 0.3) is 21.7 Å². The lowest BCUT2D eigenvalue weighted by Gasteiger charge is -2.40. The second-order valence-electron chi connectivity index (χ2n) is 9.52. The van der Waals surface area contributed by atoms with Gasteiger partial charge in [-0.2, -0.15) is 0 Å². The van der Waals surface area contributed by atoms with E-state index in [0.29, 0.717) is 48.3 Å². The molecule has 5 rings (SSSR count). The van der Waals surface area contributed by atoms with E-state index in [4.69, 9.17) is 9.72 Å². The lowest BCUT2D eigenvalue weighted by atomic mass is 10.0. The number of hydrogen-bond acceptors (Lipinski definition) is 7. The minimum Gasteiger partial charge on any atom is -0.478 e. The van der Waals surface area contributed by atoms with Crippen LogP contribution in [0.2, 0.25) is 0 Å². The van der Waals surface area contributed by atoms with Crippen molar-refractivity contribution in [2.75, 3.05) is 31.1 Å². The molecule has 0 spiro atoms. The summed E-state index contributed by atoms with van der Waals surface area (Å²) in [7, 11) is 0. The zero-order valence-corrected chi connectivity index (χ0v) is 22.8. The van der Waals surface area contributed by atoms with Gasteiger partial charge < -0.3 is 24.8 Å². The Labute approximate surface area is 236 Å².